The monoisotopic (exact) mass is 471 g/mol. The lowest BCUT2D eigenvalue weighted by Crippen LogP contribution is -2.44. The van der Waals surface area contributed by atoms with Gasteiger partial charge in [-0.1, -0.05) is 36.4 Å². The molecule has 0 bridgehead atoms. The van der Waals surface area contributed by atoms with Crippen molar-refractivity contribution in [2.24, 2.45) is 0 Å². The molecule has 2 aromatic carbocycles. The first kappa shape index (κ1) is 23.1. The second kappa shape index (κ2) is 9.52. The predicted molar refractivity (Wildman–Crippen MR) is 135 cm³/mol. The highest BCUT2D eigenvalue weighted by atomic mass is 16.5. The second-order valence-electron chi connectivity index (χ2n) is 9.02. The lowest BCUT2D eigenvalue weighted by atomic mass is 9.92. The van der Waals surface area contributed by atoms with E-state index in [4.69, 9.17) is 9.47 Å². The number of aliphatic hydroxyl groups is 1. The zero-order chi connectivity index (χ0) is 24.4. The van der Waals surface area contributed by atoms with E-state index in [1.807, 2.05) is 48.7 Å². The van der Waals surface area contributed by atoms with Crippen molar-refractivity contribution in [3.63, 3.8) is 0 Å². The van der Waals surface area contributed by atoms with Gasteiger partial charge in [-0.3, -0.25) is 4.79 Å². The van der Waals surface area contributed by atoms with Crippen LogP contribution >= 0.6 is 0 Å². The molecule has 1 aliphatic heterocycles. The molecule has 2 aromatic heterocycles. The molecule has 0 saturated carbocycles. The first-order valence-electron chi connectivity index (χ1n) is 11.8. The summed E-state index contributed by atoms with van der Waals surface area (Å²) in [5.74, 6) is 0.341. The number of nitrogens with zero attached hydrogens (tertiary/aromatic N) is 1. The molecule has 1 amide bonds. The van der Waals surface area contributed by atoms with Crippen molar-refractivity contribution in [2.45, 2.75) is 31.5 Å². The smallest absolute Gasteiger partial charge is 0.256 e. The number of aromatic nitrogens is 2. The summed E-state index contributed by atoms with van der Waals surface area (Å²) in [5.41, 5.74) is 3.30. The molecular weight excluding hydrogens is 442 g/mol. The molecule has 1 fully saturated rings. The van der Waals surface area contributed by atoms with Crippen LogP contribution in [0.3, 0.4) is 0 Å². The largest absolute Gasteiger partial charge is 0.496 e. The molecule has 1 aliphatic rings. The number of ether oxygens (including phenoxy) is 2. The van der Waals surface area contributed by atoms with Crippen LogP contribution in [-0.4, -0.2) is 47.3 Å². The van der Waals surface area contributed by atoms with Crippen LogP contribution in [0.1, 0.15) is 25.3 Å². The highest BCUT2D eigenvalue weighted by Crippen LogP contribution is 2.36. The van der Waals surface area contributed by atoms with Crippen molar-refractivity contribution in [3.05, 3.63) is 72.6 Å². The Morgan fingerprint density at radius 1 is 1.20 bits per heavy atom. The van der Waals surface area contributed by atoms with E-state index >= 15 is 0 Å². The summed E-state index contributed by atoms with van der Waals surface area (Å²) in [4.78, 5) is 20.7. The number of carbonyl (C=O) groups is 1. The van der Waals surface area contributed by atoms with Crippen LogP contribution in [0.5, 0.6) is 5.75 Å². The van der Waals surface area contributed by atoms with Crippen LogP contribution in [0.15, 0.2) is 67.0 Å². The van der Waals surface area contributed by atoms with E-state index in [9.17, 15) is 9.90 Å². The minimum atomic E-state index is -1.68. The average Bonchev–Trinajstić information content (AvgIpc) is 3.57. The number of hydrogen-bond donors (Lipinski definition) is 3. The van der Waals surface area contributed by atoms with Crippen LogP contribution in [0.2, 0.25) is 0 Å². The number of amides is 1. The van der Waals surface area contributed by atoms with E-state index in [-0.39, 0.29) is 6.10 Å². The van der Waals surface area contributed by atoms with E-state index in [2.05, 4.69) is 21.4 Å². The van der Waals surface area contributed by atoms with Gasteiger partial charge in [-0.2, -0.15) is 0 Å². The topological polar surface area (TPSA) is 96.5 Å². The molecule has 2 unspecified atom stereocenters. The summed E-state index contributed by atoms with van der Waals surface area (Å²) < 4.78 is 11.1. The molecule has 0 spiro atoms. The van der Waals surface area contributed by atoms with Crippen molar-refractivity contribution in [3.8, 4) is 28.0 Å². The Labute approximate surface area is 204 Å². The van der Waals surface area contributed by atoms with Crippen LogP contribution in [0.4, 0.5) is 0 Å². The Bertz CT molecular complexity index is 1360. The third-order valence-electron chi connectivity index (χ3n) is 6.64. The minimum Gasteiger partial charge on any atom is -0.496 e. The predicted octanol–water partition coefficient (Wildman–Crippen LogP) is 4.41. The number of rotatable bonds is 7. The molecule has 5 rings (SSSR count). The van der Waals surface area contributed by atoms with Gasteiger partial charge in [0.25, 0.3) is 5.91 Å². The standard InChI is InChI=1S/C28H29N3O4/c1-28(33,27(32)31-16-21-9-6-12-35-21)20-8-5-7-18(13-20)19-14-23-24(17-30-26(23)29-15-19)22-10-3-4-11-25(22)34-2/h3-5,7-8,10-11,13-15,17,21,33H,6,9,12,16H2,1-2H3,(H,29,30)(H,31,32). The molecule has 0 aliphatic carbocycles. The maximum absolute atomic E-state index is 12.8. The van der Waals surface area contributed by atoms with Crippen molar-refractivity contribution < 1.29 is 19.4 Å². The van der Waals surface area contributed by atoms with Crippen molar-refractivity contribution >= 4 is 16.9 Å². The number of nitrogens with one attached hydrogen (secondary N) is 2. The van der Waals surface area contributed by atoms with Crippen LogP contribution in [-0.2, 0) is 15.1 Å². The highest BCUT2D eigenvalue weighted by Gasteiger charge is 2.33. The fourth-order valence-electron chi connectivity index (χ4n) is 4.57. The Morgan fingerprint density at radius 2 is 2.06 bits per heavy atom. The molecule has 3 heterocycles. The molecule has 4 aromatic rings. The van der Waals surface area contributed by atoms with Gasteiger partial charge in [-0.15, -0.1) is 0 Å². The van der Waals surface area contributed by atoms with Gasteiger partial charge in [0.2, 0.25) is 0 Å². The van der Waals surface area contributed by atoms with E-state index < -0.39 is 11.5 Å². The molecule has 35 heavy (non-hydrogen) atoms. The lowest BCUT2D eigenvalue weighted by molar-refractivity contribution is -0.139. The number of para-hydroxylation sites is 1. The highest BCUT2D eigenvalue weighted by molar-refractivity contribution is 5.97. The summed E-state index contributed by atoms with van der Waals surface area (Å²) in [6.45, 7) is 2.63. The molecule has 7 nitrogen and oxygen atoms in total. The number of methoxy groups -OCH3 is 1. The Kier molecular flexibility index (Phi) is 6.28. The number of aromatic amines is 1. The van der Waals surface area contributed by atoms with Gasteiger partial charge in [0, 0.05) is 47.6 Å². The Balaban J connectivity index is 1.45. The molecule has 1 saturated heterocycles. The fourth-order valence-corrected chi connectivity index (χ4v) is 4.57. The summed E-state index contributed by atoms with van der Waals surface area (Å²) in [6.07, 6.45) is 5.65. The second-order valence-corrected chi connectivity index (χ2v) is 9.02. The molecule has 7 heteroatoms. The average molecular weight is 472 g/mol. The van der Waals surface area contributed by atoms with Gasteiger partial charge in [0.15, 0.2) is 5.60 Å². The number of benzene rings is 2. The van der Waals surface area contributed by atoms with E-state index in [1.54, 1.807) is 19.4 Å². The van der Waals surface area contributed by atoms with Gasteiger partial charge >= 0.3 is 0 Å². The fraction of sp³-hybridized carbons (Fsp3) is 0.286. The Morgan fingerprint density at radius 3 is 2.86 bits per heavy atom. The number of hydrogen-bond acceptors (Lipinski definition) is 5. The van der Waals surface area contributed by atoms with Gasteiger partial charge in [-0.25, -0.2) is 4.98 Å². The summed E-state index contributed by atoms with van der Waals surface area (Å²) in [5, 5.41) is 14.9. The number of H-pyrrole nitrogens is 1. The summed E-state index contributed by atoms with van der Waals surface area (Å²) in [7, 11) is 1.66. The normalized spacial score (nSPS) is 17.3. The molecule has 180 valence electrons. The maximum Gasteiger partial charge on any atom is 0.256 e. The summed E-state index contributed by atoms with van der Waals surface area (Å²) >= 11 is 0. The molecule has 3 N–H and O–H groups in total. The van der Waals surface area contributed by atoms with Crippen molar-refractivity contribution in [1.29, 1.82) is 0 Å². The van der Waals surface area contributed by atoms with E-state index in [1.165, 1.54) is 6.92 Å². The zero-order valence-electron chi connectivity index (χ0n) is 19.9. The van der Waals surface area contributed by atoms with Crippen LogP contribution < -0.4 is 10.1 Å². The molecule has 0 radical (unpaired) electrons. The van der Waals surface area contributed by atoms with Gasteiger partial charge in [0.05, 0.1) is 13.2 Å². The third-order valence-corrected chi connectivity index (χ3v) is 6.64. The molecular formula is C28H29N3O4. The minimum absolute atomic E-state index is 0.0117. The zero-order valence-corrected chi connectivity index (χ0v) is 19.9. The van der Waals surface area contributed by atoms with Crippen molar-refractivity contribution in [1.82, 2.24) is 15.3 Å². The number of carbonyl (C=O) groups excluding carboxylic acids is 1. The van der Waals surface area contributed by atoms with E-state index in [0.717, 1.165) is 58.5 Å². The first-order chi connectivity index (χ1) is 17.0. The maximum atomic E-state index is 12.8. The lowest BCUT2D eigenvalue weighted by Gasteiger charge is -2.24. The van der Waals surface area contributed by atoms with Crippen LogP contribution in [0.25, 0.3) is 33.3 Å². The number of pyridine rings is 1. The van der Waals surface area contributed by atoms with Crippen LogP contribution in [0, 0.1) is 0 Å². The summed E-state index contributed by atoms with van der Waals surface area (Å²) in [6, 6.07) is 17.3. The quantitative estimate of drug-likeness (QED) is 0.371. The van der Waals surface area contributed by atoms with Crippen molar-refractivity contribution in [2.75, 3.05) is 20.3 Å². The first-order valence-corrected chi connectivity index (χ1v) is 11.8. The molecule has 2 atom stereocenters. The SMILES string of the molecule is COc1ccccc1-c1c[nH]c2ncc(-c3cccc(C(C)(O)C(=O)NCC4CCCO4)c3)cc12. The van der Waals surface area contributed by atoms with Gasteiger partial charge in [-0.05, 0) is 49.1 Å². The van der Waals surface area contributed by atoms with E-state index in [0.29, 0.717) is 12.1 Å². The Hall–Kier alpha value is -3.68. The van der Waals surface area contributed by atoms with Gasteiger partial charge in [0.1, 0.15) is 11.4 Å². The number of fused-ring (bicyclic) bond motifs is 1. The van der Waals surface area contributed by atoms with Gasteiger partial charge < -0.3 is 24.9 Å². The third kappa shape index (κ3) is 4.52.